The highest BCUT2D eigenvalue weighted by atomic mass is 35.5. The van der Waals surface area contributed by atoms with E-state index in [0.29, 0.717) is 5.56 Å². The molecule has 1 amide bonds. The largest absolute Gasteiger partial charge is 0.322 e. The number of nitrogens with zero attached hydrogens (tertiary/aromatic N) is 2. The van der Waals surface area contributed by atoms with Gasteiger partial charge in [-0.05, 0) is 25.1 Å². The predicted octanol–water partition coefficient (Wildman–Crippen LogP) is 3.72. The topological polar surface area (TPSA) is 115 Å². The van der Waals surface area contributed by atoms with Crippen LogP contribution >= 0.6 is 11.6 Å². The van der Waals surface area contributed by atoms with Crippen LogP contribution in [0.3, 0.4) is 0 Å². The molecule has 0 fully saturated rings. The summed E-state index contributed by atoms with van der Waals surface area (Å²) in [4.78, 5) is 32.6. The van der Waals surface area contributed by atoms with E-state index in [0.717, 1.165) is 12.1 Å². The third kappa shape index (κ3) is 3.61. The van der Waals surface area contributed by atoms with E-state index in [-0.39, 0.29) is 27.6 Å². The van der Waals surface area contributed by atoms with Crippen LogP contribution in [0.1, 0.15) is 15.9 Å². The van der Waals surface area contributed by atoms with Crippen molar-refractivity contribution in [2.45, 2.75) is 6.92 Å². The molecule has 23 heavy (non-hydrogen) atoms. The smallest absolute Gasteiger partial charge is 0.289 e. The number of amides is 1. The molecule has 2 aromatic rings. The summed E-state index contributed by atoms with van der Waals surface area (Å²) in [7, 11) is 0. The SMILES string of the molecule is Cc1ccc(C(=O)Nc2ccc(Cl)c([N+](=O)[O-])c2)cc1[N+](=O)[O-]. The molecule has 0 aliphatic carbocycles. The number of aryl methyl sites for hydroxylation is 1. The predicted molar refractivity (Wildman–Crippen MR) is 83.9 cm³/mol. The second-order valence-corrected chi connectivity index (χ2v) is 5.04. The van der Waals surface area contributed by atoms with E-state index < -0.39 is 15.8 Å². The highest BCUT2D eigenvalue weighted by molar-refractivity contribution is 6.32. The molecule has 0 heterocycles. The normalized spacial score (nSPS) is 10.2. The van der Waals surface area contributed by atoms with Crippen LogP contribution < -0.4 is 5.32 Å². The van der Waals surface area contributed by atoms with Crippen LogP contribution in [0, 0.1) is 27.2 Å². The molecule has 0 aromatic heterocycles. The van der Waals surface area contributed by atoms with Crippen molar-refractivity contribution in [2.24, 2.45) is 0 Å². The first-order chi connectivity index (χ1) is 10.8. The van der Waals surface area contributed by atoms with Gasteiger partial charge in [0.15, 0.2) is 0 Å². The maximum Gasteiger partial charge on any atom is 0.289 e. The van der Waals surface area contributed by atoms with E-state index in [1.807, 2.05) is 0 Å². The number of hydrogen-bond donors (Lipinski definition) is 1. The van der Waals surface area contributed by atoms with Crippen LogP contribution in [0.2, 0.25) is 5.02 Å². The molecule has 0 aliphatic rings. The Morgan fingerprint density at radius 1 is 1.04 bits per heavy atom. The Morgan fingerprint density at radius 2 is 1.70 bits per heavy atom. The lowest BCUT2D eigenvalue weighted by Gasteiger charge is -2.06. The van der Waals surface area contributed by atoms with E-state index >= 15 is 0 Å². The number of rotatable bonds is 4. The molecule has 8 nitrogen and oxygen atoms in total. The molecule has 0 saturated heterocycles. The first-order valence-corrected chi connectivity index (χ1v) is 6.67. The van der Waals surface area contributed by atoms with Gasteiger partial charge in [0, 0.05) is 28.9 Å². The van der Waals surface area contributed by atoms with Gasteiger partial charge in [0.2, 0.25) is 0 Å². The quantitative estimate of drug-likeness (QED) is 0.675. The Bertz CT molecular complexity index is 822. The Morgan fingerprint density at radius 3 is 2.30 bits per heavy atom. The number of nitro benzene ring substituents is 2. The Kier molecular flexibility index (Phi) is 4.56. The summed E-state index contributed by atoms with van der Waals surface area (Å²) in [5, 5.41) is 24.1. The summed E-state index contributed by atoms with van der Waals surface area (Å²) in [5.41, 5.74) is 0.127. The van der Waals surface area contributed by atoms with Crippen LogP contribution in [-0.2, 0) is 0 Å². The van der Waals surface area contributed by atoms with Crippen molar-refractivity contribution >= 4 is 34.6 Å². The van der Waals surface area contributed by atoms with Gasteiger partial charge in [-0.2, -0.15) is 0 Å². The Hall–Kier alpha value is -3.00. The number of benzene rings is 2. The number of carbonyl (C=O) groups excluding carboxylic acids is 1. The van der Waals surface area contributed by atoms with Gasteiger partial charge < -0.3 is 5.32 Å². The van der Waals surface area contributed by atoms with E-state index in [1.54, 1.807) is 6.92 Å². The lowest BCUT2D eigenvalue weighted by Crippen LogP contribution is -2.12. The summed E-state index contributed by atoms with van der Waals surface area (Å²) in [6.07, 6.45) is 0. The zero-order chi connectivity index (χ0) is 17.1. The first-order valence-electron chi connectivity index (χ1n) is 6.30. The van der Waals surface area contributed by atoms with Gasteiger partial charge >= 0.3 is 0 Å². The van der Waals surface area contributed by atoms with Gasteiger partial charge in [-0.15, -0.1) is 0 Å². The third-order valence-electron chi connectivity index (χ3n) is 3.07. The van der Waals surface area contributed by atoms with Gasteiger partial charge in [0.25, 0.3) is 17.3 Å². The number of nitrogens with one attached hydrogen (secondary N) is 1. The minimum Gasteiger partial charge on any atom is -0.322 e. The van der Waals surface area contributed by atoms with Crippen molar-refractivity contribution in [1.82, 2.24) is 0 Å². The van der Waals surface area contributed by atoms with Crippen molar-refractivity contribution in [3.8, 4) is 0 Å². The number of hydrogen-bond acceptors (Lipinski definition) is 5. The zero-order valence-corrected chi connectivity index (χ0v) is 12.5. The minimum atomic E-state index is -0.672. The van der Waals surface area contributed by atoms with Crippen molar-refractivity contribution in [3.63, 3.8) is 0 Å². The summed E-state index contributed by atoms with van der Waals surface area (Å²) < 4.78 is 0. The van der Waals surface area contributed by atoms with E-state index in [4.69, 9.17) is 11.6 Å². The van der Waals surface area contributed by atoms with Gasteiger partial charge in [-0.3, -0.25) is 25.0 Å². The second-order valence-electron chi connectivity index (χ2n) is 4.64. The van der Waals surface area contributed by atoms with Crippen molar-refractivity contribution < 1.29 is 14.6 Å². The monoisotopic (exact) mass is 335 g/mol. The van der Waals surface area contributed by atoms with Crippen LogP contribution in [0.4, 0.5) is 17.1 Å². The number of carbonyl (C=O) groups is 1. The molecule has 0 saturated carbocycles. The summed E-state index contributed by atoms with van der Waals surface area (Å²) in [6, 6.07) is 7.83. The average Bonchev–Trinajstić information content (AvgIpc) is 2.49. The Labute approximate surface area is 135 Å². The van der Waals surface area contributed by atoms with Crippen LogP contribution in [0.5, 0.6) is 0 Å². The first kappa shape index (κ1) is 16.4. The molecule has 0 bridgehead atoms. The number of nitro groups is 2. The fourth-order valence-corrected chi connectivity index (χ4v) is 2.07. The maximum absolute atomic E-state index is 12.1. The molecule has 118 valence electrons. The highest BCUT2D eigenvalue weighted by Gasteiger charge is 2.17. The molecule has 0 unspecified atom stereocenters. The van der Waals surface area contributed by atoms with Crippen molar-refractivity contribution in [1.29, 1.82) is 0 Å². The third-order valence-corrected chi connectivity index (χ3v) is 3.39. The summed E-state index contributed by atoms with van der Waals surface area (Å²) in [6.45, 7) is 1.56. The molecular formula is C14H10ClN3O5. The van der Waals surface area contributed by atoms with Gasteiger partial charge in [-0.25, -0.2) is 0 Å². The standard InChI is InChI=1S/C14H10ClN3O5/c1-8-2-3-9(6-12(8)17(20)21)14(19)16-10-4-5-11(15)13(7-10)18(22)23/h2-7H,1H3,(H,16,19). The van der Waals surface area contributed by atoms with Crippen LogP contribution in [-0.4, -0.2) is 15.8 Å². The highest BCUT2D eigenvalue weighted by Crippen LogP contribution is 2.28. The van der Waals surface area contributed by atoms with E-state index in [2.05, 4.69) is 5.32 Å². The van der Waals surface area contributed by atoms with Crippen molar-refractivity contribution in [3.05, 3.63) is 72.8 Å². The van der Waals surface area contributed by atoms with E-state index in [9.17, 15) is 25.0 Å². The number of halogens is 1. The molecule has 2 rings (SSSR count). The summed E-state index contributed by atoms with van der Waals surface area (Å²) >= 11 is 5.69. The molecule has 0 spiro atoms. The second kappa shape index (κ2) is 6.41. The zero-order valence-electron chi connectivity index (χ0n) is 11.8. The molecule has 1 N–H and O–H groups in total. The lowest BCUT2D eigenvalue weighted by molar-refractivity contribution is -0.385. The maximum atomic E-state index is 12.1. The lowest BCUT2D eigenvalue weighted by atomic mass is 10.1. The van der Waals surface area contributed by atoms with Crippen molar-refractivity contribution in [2.75, 3.05) is 5.32 Å². The van der Waals surface area contributed by atoms with Crippen LogP contribution in [0.15, 0.2) is 36.4 Å². The number of anilines is 1. The molecule has 0 aliphatic heterocycles. The molecular weight excluding hydrogens is 326 g/mol. The minimum absolute atomic E-state index is 0.0565. The molecule has 0 radical (unpaired) electrons. The van der Waals surface area contributed by atoms with Gasteiger partial charge in [0.1, 0.15) is 5.02 Å². The van der Waals surface area contributed by atoms with Gasteiger partial charge in [-0.1, -0.05) is 17.7 Å². The van der Waals surface area contributed by atoms with Gasteiger partial charge in [0.05, 0.1) is 9.85 Å². The molecule has 2 aromatic carbocycles. The summed E-state index contributed by atoms with van der Waals surface area (Å²) in [5.74, 6) is -0.621. The average molecular weight is 336 g/mol. The Balaban J connectivity index is 2.29. The van der Waals surface area contributed by atoms with E-state index in [1.165, 1.54) is 24.3 Å². The fourth-order valence-electron chi connectivity index (χ4n) is 1.88. The molecule has 9 heteroatoms. The molecule has 0 atom stereocenters. The fraction of sp³-hybridized carbons (Fsp3) is 0.0714. The van der Waals surface area contributed by atoms with Crippen LogP contribution in [0.25, 0.3) is 0 Å².